The molecule has 1 aromatic heterocycles. The van der Waals surface area contributed by atoms with Gasteiger partial charge in [-0.3, -0.25) is 10.1 Å². The Morgan fingerprint density at radius 2 is 1.91 bits per heavy atom. The number of carbonyl (C=O) groups excluding carboxylic acids is 1. The average molecular weight is 427 g/mol. The van der Waals surface area contributed by atoms with Crippen LogP contribution < -0.4 is 10.6 Å². The van der Waals surface area contributed by atoms with Crippen molar-refractivity contribution in [2.24, 2.45) is 0 Å². The third kappa shape index (κ3) is 5.18. The van der Waals surface area contributed by atoms with Crippen LogP contribution in [0.3, 0.4) is 0 Å². The van der Waals surface area contributed by atoms with E-state index in [9.17, 15) is 4.79 Å². The monoisotopic (exact) mass is 424 g/mol. The van der Waals surface area contributed by atoms with E-state index < -0.39 is 9.96 Å². The lowest BCUT2D eigenvalue weighted by atomic mass is 10.2. The Morgan fingerprint density at radius 1 is 1.23 bits per heavy atom. The second-order valence-corrected chi connectivity index (χ2v) is 7.70. The number of amides is 1. The maximum atomic E-state index is 12.2. The first kappa shape index (κ1) is 17.6. The van der Waals surface area contributed by atoms with Crippen LogP contribution in [0.5, 0.6) is 0 Å². The van der Waals surface area contributed by atoms with Gasteiger partial charge in [-0.2, -0.15) is 0 Å². The third-order valence-electron chi connectivity index (χ3n) is 2.77. The Balaban J connectivity index is 2.03. The van der Waals surface area contributed by atoms with Crippen LogP contribution >= 0.6 is 50.7 Å². The van der Waals surface area contributed by atoms with E-state index >= 15 is 0 Å². The lowest BCUT2D eigenvalue weighted by molar-refractivity contribution is 0.0928. The van der Waals surface area contributed by atoms with Crippen LogP contribution in [0.4, 0.5) is 0 Å². The number of hydrogen-bond acceptors (Lipinski definition) is 3. The Bertz CT molecular complexity index is 612. The summed E-state index contributed by atoms with van der Waals surface area (Å²) in [6, 6.07) is 10.4. The molecule has 1 amide bonds. The van der Waals surface area contributed by atoms with E-state index in [1.165, 1.54) is 0 Å². The number of hydrogen-bond donors (Lipinski definition) is 2. The molecular formula is C14H12BrCl3N2O2. The summed E-state index contributed by atoms with van der Waals surface area (Å²) < 4.78 is 4.35. The molecule has 0 bridgehead atoms. The van der Waals surface area contributed by atoms with Gasteiger partial charge in [0, 0.05) is 10.0 Å². The molecule has 118 valence electrons. The predicted molar refractivity (Wildman–Crippen MR) is 91.2 cm³/mol. The van der Waals surface area contributed by atoms with Crippen molar-refractivity contribution in [1.29, 1.82) is 0 Å². The topological polar surface area (TPSA) is 54.3 Å². The summed E-state index contributed by atoms with van der Waals surface area (Å²) in [5, 5.41) is 5.60. The SMILES string of the molecule is O=C(NC(NCc1ccco1)C(Cl)(Cl)Cl)c1ccc(Br)cc1. The van der Waals surface area contributed by atoms with Crippen LogP contribution in [-0.4, -0.2) is 15.9 Å². The molecule has 0 aliphatic heterocycles. The number of alkyl halides is 3. The lowest BCUT2D eigenvalue weighted by Gasteiger charge is -2.26. The van der Waals surface area contributed by atoms with Crippen molar-refractivity contribution >= 4 is 56.6 Å². The minimum Gasteiger partial charge on any atom is -0.468 e. The highest BCUT2D eigenvalue weighted by Crippen LogP contribution is 2.29. The first-order valence-corrected chi connectivity index (χ1v) is 8.18. The van der Waals surface area contributed by atoms with Crippen LogP contribution in [0, 0.1) is 0 Å². The Morgan fingerprint density at radius 3 is 2.45 bits per heavy atom. The minimum atomic E-state index is -1.71. The fourth-order valence-corrected chi connectivity index (χ4v) is 2.34. The van der Waals surface area contributed by atoms with Crippen LogP contribution in [0.15, 0.2) is 51.6 Å². The van der Waals surface area contributed by atoms with Gasteiger partial charge in [0.1, 0.15) is 11.9 Å². The Kier molecular flexibility index (Phi) is 6.17. The van der Waals surface area contributed by atoms with E-state index in [2.05, 4.69) is 26.6 Å². The van der Waals surface area contributed by atoms with E-state index in [-0.39, 0.29) is 5.91 Å². The second kappa shape index (κ2) is 7.70. The van der Waals surface area contributed by atoms with Crippen molar-refractivity contribution in [3.8, 4) is 0 Å². The minimum absolute atomic E-state index is 0.312. The molecule has 0 radical (unpaired) electrons. The van der Waals surface area contributed by atoms with Crippen molar-refractivity contribution in [3.63, 3.8) is 0 Å². The predicted octanol–water partition coefficient (Wildman–Crippen LogP) is 4.26. The first-order chi connectivity index (χ1) is 10.4. The Labute approximate surface area is 151 Å². The summed E-state index contributed by atoms with van der Waals surface area (Å²) in [6.45, 7) is 0.312. The first-order valence-electron chi connectivity index (χ1n) is 6.25. The van der Waals surface area contributed by atoms with E-state index in [0.717, 1.165) is 4.47 Å². The van der Waals surface area contributed by atoms with Gasteiger partial charge in [0.2, 0.25) is 3.79 Å². The van der Waals surface area contributed by atoms with Crippen molar-refractivity contribution in [2.75, 3.05) is 0 Å². The molecule has 0 saturated carbocycles. The number of furan rings is 1. The lowest BCUT2D eigenvalue weighted by Crippen LogP contribution is -2.53. The Hall–Kier alpha value is -0.720. The third-order valence-corrected chi connectivity index (χ3v) is 3.95. The summed E-state index contributed by atoms with van der Waals surface area (Å²) in [5.41, 5.74) is 0.460. The number of rotatable bonds is 5. The molecule has 2 N–H and O–H groups in total. The molecule has 0 fully saturated rings. The average Bonchev–Trinajstić information content (AvgIpc) is 2.96. The zero-order chi connectivity index (χ0) is 16.2. The molecule has 0 aliphatic carbocycles. The van der Waals surface area contributed by atoms with E-state index in [0.29, 0.717) is 17.9 Å². The van der Waals surface area contributed by atoms with Crippen LogP contribution in [0.1, 0.15) is 16.1 Å². The summed E-state index contributed by atoms with van der Waals surface area (Å²) in [7, 11) is 0. The van der Waals surface area contributed by atoms with Gasteiger partial charge in [0.05, 0.1) is 12.8 Å². The quantitative estimate of drug-likeness (QED) is 0.555. The van der Waals surface area contributed by atoms with Crippen molar-refractivity contribution in [2.45, 2.75) is 16.5 Å². The van der Waals surface area contributed by atoms with E-state index in [1.54, 1.807) is 42.7 Å². The maximum absolute atomic E-state index is 12.2. The molecular weight excluding hydrogens is 414 g/mol. The standard InChI is InChI=1S/C14H12BrCl3N2O2/c15-10-5-3-9(4-6-10)12(21)20-13(14(16,17)18)19-8-11-2-1-7-22-11/h1-7,13,19H,8H2,(H,20,21). The second-order valence-electron chi connectivity index (χ2n) is 4.42. The number of halogens is 4. The largest absolute Gasteiger partial charge is 0.468 e. The highest BCUT2D eigenvalue weighted by Gasteiger charge is 2.34. The van der Waals surface area contributed by atoms with Crippen molar-refractivity contribution < 1.29 is 9.21 Å². The van der Waals surface area contributed by atoms with Gasteiger partial charge in [-0.05, 0) is 36.4 Å². The molecule has 0 spiro atoms. The molecule has 2 rings (SSSR count). The van der Waals surface area contributed by atoms with Gasteiger partial charge in [-0.15, -0.1) is 0 Å². The van der Waals surface area contributed by atoms with E-state index in [1.807, 2.05) is 0 Å². The molecule has 8 heteroatoms. The number of nitrogens with one attached hydrogen (secondary N) is 2. The summed E-state index contributed by atoms with van der Waals surface area (Å²) in [6.07, 6.45) is 0.667. The van der Waals surface area contributed by atoms with Crippen molar-refractivity contribution in [1.82, 2.24) is 10.6 Å². The summed E-state index contributed by atoms with van der Waals surface area (Å²) in [5.74, 6) is 0.313. The van der Waals surface area contributed by atoms with Gasteiger partial charge in [0.25, 0.3) is 5.91 Å². The highest BCUT2D eigenvalue weighted by atomic mass is 79.9. The zero-order valence-corrected chi connectivity index (χ0v) is 15.0. The smallest absolute Gasteiger partial charge is 0.252 e. The molecule has 0 saturated heterocycles. The maximum Gasteiger partial charge on any atom is 0.252 e. The van der Waals surface area contributed by atoms with Gasteiger partial charge >= 0.3 is 0 Å². The molecule has 4 nitrogen and oxygen atoms in total. The number of carbonyl (C=O) groups is 1. The van der Waals surface area contributed by atoms with E-state index in [4.69, 9.17) is 39.2 Å². The highest BCUT2D eigenvalue weighted by molar-refractivity contribution is 9.10. The zero-order valence-electron chi connectivity index (χ0n) is 11.2. The van der Waals surface area contributed by atoms with Gasteiger partial charge in [-0.1, -0.05) is 50.7 Å². The van der Waals surface area contributed by atoms with Crippen LogP contribution in [0.2, 0.25) is 0 Å². The molecule has 1 aromatic carbocycles. The summed E-state index contributed by atoms with van der Waals surface area (Å²) in [4.78, 5) is 12.2. The number of benzene rings is 1. The normalized spacial score (nSPS) is 12.9. The van der Waals surface area contributed by atoms with Gasteiger partial charge in [0.15, 0.2) is 0 Å². The molecule has 1 heterocycles. The van der Waals surface area contributed by atoms with Gasteiger partial charge < -0.3 is 9.73 Å². The molecule has 0 aliphatic rings. The van der Waals surface area contributed by atoms with Crippen molar-refractivity contribution in [3.05, 3.63) is 58.5 Å². The van der Waals surface area contributed by atoms with Crippen LogP contribution in [-0.2, 0) is 6.54 Å². The fraction of sp³-hybridized carbons (Fsp3) is 0.214. The molecule has 1 atom stereocenters. The summed E-state index contributed by atoms with van der Waals surface area (Å²) >= 11 is 21.0. The van der Waals surface area contributed by atoms with Crippen LogP contribution in [0.25, 0.3) is 0 Å². The molecule has 22 heavy (non-hydrogen) atoms. The molecule has 1 unspecified atom stereocenters. The molecule has 2 aromatic rings. The fourth-order valence-electron chi connectivity index (χ4n) is 1.68. The van der Waals surface area contributed by atoms with Gasteiger partial charge in [-0.25, -0.2) is 0 Å².